The number of rotatable bonds is 4. The summed E-state index contributed by atoms with van der Waals surface area (Å²) < 4.78 is 7.68. The van der Waals surface area contributed by atoms with E-state index in [1.165, 1.54) is 7.11 Å². The van der Waals surface area contributed by atoms with E-state index in [2.05, 4.69) is 20.9 Å². The highest BCUT2D eigenvalue weighted by atomic mass is 79.9. The molecule has 126 valence electrons. The van der Waals surface area contributed by atoms with E-state index in [-0.39, 0.29) is 5.91 Å². The fourth-order valence-electron chi connectivity index (χ4n) is 3.01. The molecule has 0 N–H and O–H groups in total. The molecule has 0 aliphatic carbocycles. The van der Waals surface area contributed by atoms with Gasteiger partial charge in [0.15, 0.2) is 6.04 Å². The summed E-state index contributed by atoms with van der Waals surface area (Å²) in [5.41, 5.74) is 1.91. The van der Waals surface area contributed by atoms with Crippen molar-refractivity contribution in [2.45, 2.75) is 25.4 Å². The van der Waals surface area contributed by atoms with E-state index < -0.39 is 12.0 Å². The standard InChI is InChI=1S/C17H18BrN3O3/c1-24-17(23)16-14-10-13(18)3-2-12(14)4-8-21(16)15(22)5-7-20-9-6-19-11-20/h2-3,6,9-11,16H,4-5,7-8H2,1H3. The molecule has 24 heavy (non-hydrogen) atoms. The first-order chi connectivity index (χ1) is 11.6. The Balaban J connectivity index is 1.83. The predicted octanol–water partition coefficient (Wildman–Crippen LogP) is 2.33. The maximum absolute atomic E-state index is 12.7. The molecule has 0 saturated carbocycles. The number of carbonyl (C=O) groups is 2. The van der Waals surface area contributed by atoms with Crippen LogP contribution in [0.4, 0.5) is 0 Å². The van der Waals surface area contributed by atoms with Crippen LogP contribution in [0.3, 0.4) is 0 Å². The third-order valence-electron chi connectivity index (χ3n) is 4.22. The van der Waals surface area contributed by atoms with Crippen LogP contribution in [0.5, 0.6) is 0 Å². The topological polar surface area (TPSA) is 64.4 Å². The number of hydrogen-bond donors (Lipinski definition) is 0. The van der Waals surface area contributed by atoms with Gasteiger partial charge in [0.2, 0.25) is 5.91 Å². The van der Waals surface area contributed by atoms with Crippen LogP contribution in [0.25, 0.3) is 0 Å². The molecular weight excluding hydrogens is 374 g/mol. The lowest BCUT2D eigenvalue weighted by Gasteiger charge is -2.35. The molecule has 2 heterocycles. The van der Waals surface area contributed by atoms with Gasteiger partial charge in [-0.1, -0.05) is 22.0 Å². The molecule has 0 fully saturated rings. The fourth-order valence-corrected chi connectivity index (χ4v) is 3.39. The van der Waals surface area contributed by atoms with Crippen LogP contribution in [0.15, 0.2) is 41.4 Å². The molecule has 1 aliphatic heterocycles. The lowest BCUT2D eigenvalue weighted by Crippen LogP contribution is -2.44. The summed E-state index contributed by atoms with van der Waals surface area (Å²) in [6.45, 7) is 1.05. The van der Waals surface area contributed by atoms with Crippen LogP contribution in [-0.4, -0.2) is 40.0 Å². The van der Waals surface area contributed by atoms with Crippen molar-refractivity contribution in [1.29, 1.82) is 0 Å². The number of halogens is 1. The largest absolute Gasteiger partial charge is 0.467 e. The van der Waals surface area contributed by atoms with Crippen molar-refractivity contribution in [2.24, 2.45) is 0 Å². The molecule has 1 amide bonds. The molecule has 1 atom stereocenters. The minimum absolute atomic E-state index is 0.0651. The number of amides is 1. The maximum Gasteiger partial charge on any atom is 0.333 e. The van der Waals surface area contributed by atoms with Crippen molar-refractivity contribution < 1.29 is 14.3 Å². The highest BCUT2D eigenvalue weighted by Crippen LogP contribution is 2.33. The third-order valence-corrected chi connectivity index (χ3v) is 4.72. The summed E-state index contributed by atoms with van der Waals surface area (Å²) in [6.07, 6.45) is 6.21. The first kappa shape index (κ1) is 16.7. The van der Waals surface area contributed by atoms with E-state index in [1.807, 2.05) is 29.0 Å². The molecule has 1 aromatic heterocycles. The number of nitrogens with zero attached hydrogens (tertiary/aromatic N) is 3. The van der Waals surface area contributed by atoms with Crippen LogP contribution in [-0.2, 0) is 27.3 Å². The number of hydrogen-bond acceptors (Lipinski definition) is 4. The van der Waals surface area contributed by atoms with Crippen molar-refractivity contribution in [3.05, 3.63) is 52.5 Å². The molecular formula is C17H18BrN3O3. The van der Waals surface area contributed by atoms with Gasteiger partial charge in [-0.3, -0.25) is 4.79 Å². The molecule has 1 unspecified atom stereocenters. The van der Waals surface area contributed by atoms with E-state index >= 15 is 0 Å². The Labute approximate surface area is 148 Å². The van der Waals surface area contributed by atoms with Gasteiger partial charge in [0.1, 0.15) is 0 Å². The van der Waals surface area contributed by atoms with E-state index in [4.69, 9.17) is 4.74 Å². The van der Waals surface area contributed by atoms with Crippen molar-refractivity contribution in [2.75, 3.05) is 13.7 Å². The Bertz CT molecular complexity index is 746. The van der Waals surface area contributed by atoms with Crippen molar-refractivity contribution in [3.8, 4) is 0 Å². The molecule has 6 nitrogen and oxygen atoms in total. The Morgan fingerprint density at radius 3 is 2.96 bits per heavy atom. The minimum Gasteiger partial charge on any atom is -0.467 e. The first-order valence-corrected chi connectivity index (χ1v) is 8.51. The predicted molar refractivity (Wildman–Crippen MR) is 91.2 cm³/mol. The molecule has 0 bridgehead atoms. The molecule has 7 heteroatoms. The lowest BCUT2D eigenvalue weighted by atomic mass is 9.92. The number of esters is 1. The van der Waals surface area contributed by atoms with Gasteiger partial charge in [-0.15, -0.1) is 0 Å². The zero-order valence-electron chi connectivity index (χ0n) is 13.3. The molecule has 0 saturated heterocycles. The SMILES string of the molecule is COC(=O)C1c2cc(Br)ccc2CCN1C(=O)CCn1ccnc1. The van der Waals surface area contributed by atoms with Crippen LogP contribution < -0.4 is 0 Å². The summed E-state index contributed by atoms with van der Waals surface area (Å²) >= 11 is 3.44. The van der Waals surface area contributed by atoms with Crippen molar-refractivity contribution in [3.63, 3.8) is 0 Å². The van der Waals surface area contributed by atoms with E-state index in [1.54, 1.807) is 17.4 Å². The average Bonchev–Trinajstić information content (AvgIpc) is 3.11. The molecule has 3 rings (SSSR count). The van der Waals surface area contributed by atoms with Gasteiger partial charge in [-0.05, 0) is 29.7 Å². The van der Waals surface area contributed by atoms with E-state index in [0.717, 1.165) is 22.0 Å². The van der Waals surface area contributed by atoms with E-state index in [9.17, 15) is 9.59 Å². The number of imidazole rings is 1. The van der Waals surface area contributed by atoms with Gasteiger partial charge in [-0.25, -0.2) is 9.78 Å². The van der Waals surface area contributed by atoms with Crippen LogP contribution in [0, 0.1) is 0 Å². The number of ether oxygens (including phenoxy) is 1. The highest BCUT2D eigenvalue weighted by molar-refractivity contribution is 9.10. The molecule has 2 aromatic rings. The Morgan fingerprint density at radius 2 is 2.25 bits per heavy atom. The van der Waals surface area contributed by atoms with Crippen LogP contribution >= 0.6 is 15.9 Å². The van der Waals surface area contributed by atoms with Crippen molar-refractivity contribution in [1.82, 2.24) is 14.5 Å². The Kier molecular flexibility index (Phi) is 4.99. The average molecular weight is 392 g/mol. The van der Waals surface area contributed by atoms with Gasteiger partial charge in [0.05, 0.1) is 13.4 Å². The van der Waals surface area contributed by atoms with Gasteiger partial charge < -0.3 is 14.2 Å². The summed E-state index contributed by atoms with van der Waals surface area (Å²) in [6, 6.07) is 5.14. The number of methoxy groups -OCH3 is 1. The summed E-state index contributed by atoms with van der Waals surface area (Å²) in [5.74, 6) is -0.477. The number of aryl methyl sites for hydroxylation is 1. The highest BCUT2D eigenvalue weighted by Gasteiger charge is 2.36. The molecule has 1 aromatic carbocycles. The van der Waals surface area contributed by atoms with Crippen molar-refractivity contribution >= 4 is 27.8 Å². The number of aromatic nitrogens is 2. The Morgan fingerprint density at radius 1 is 1.42 bits per heavy atom. The number of benzene rings is 1. The molecule has 0 radical (unpaired) electrons. The first-order valence-electron chi connectivity index (χ1n) is 7.71. The second kappa shape index (κ2) is 7.17. The minimum atomic E-state index is -0.688. The Hall–Kier alpha value is -2.15. The number of carbonyl (C=O) groups excluding carboxylic acids is 2. The van der Waals surface area contributed by atoms with E-state index in [0.29, 0.717) is 19.5 Å². The van der Waals surface area contributed by atoms with Gasteiger partial charge in [0, 0.05) is 36.4 Å². The monoisotopic (exact) mass is 391 g/mol. The lowest BCUT2D eigenvalue weighted by molar-refractivity contribution is -0.154. The zero-order valence-corrected chi connectivity index (χ0v) is 14.9. The van der Waals surface area contributed by atoms with Gasteiger partial charge in [0.25, 0.3) is 0 Å². The summed E-state index contributed by atoms with van der Waals surface area (Å²) in [4.78, 5) is 30.6. The second-order valence-corrected chi connectivity index (χ2v) is 6.57. The molecule has 1 aliphatic rings. The fraction of sp³-hybridized carbons (Fsp3) is 0.353. The summed E-state index contributed by atoms with van der Waals surface area (Å²) in [7, 11) is 1.35. The third kappa shape index (κ3) is 3.36. The van der Waals surface area contributed by atoms with Gasteiger partial charge >= 0.3 is 5.97 Å². The zero-order chi connectivity index (χ0) is 17.1. The molecule has 0 spiro atoms. The normalized spacial score (nSPS) is 16.6. The number of fused-ring (bicyclic) bond motifs is 1. The van der Waals surface area contributed by atoms with Crippen LogP contribution in [0.2, 0.25) is 0 Å². The maximum atomic E-state index is 12.7. The van der Waals surface area contributed by atoms with Crippen LogP contribution in [0.1, 0.15) is 23.6 Å². The second-order valence-electron chi connectivity index (χ2n) is 5.66. The summed E-state index contributed by atoms with van der Waals surface area (Å²) in [5, 5.41) is 0. The smallest absolute Gasteiger partial charge is 0.333 e. The van der Waals surface area contributed by atoms with Gasteiger partial charge in [-0.2, -0.15) is 0 Å². The quantitative estimate of drug-likeness (QED) is 0.750.